The number of hydrogen-bond acceptors (Lipinski definition) is 6. The summed E-state index contributed by atoms with van der Waals surface area (Å²) in [5.74, 6) is 0.509. The lowest BCUT2D eigenvalue weighted by Gasteiger charge is -2.15. The lowest BCUT2D eigenvalue weighted by atomic mass is 9.98. The number of benzene rings is 2. The van der Waals surface area contributed by atoms with Gasteiger partial charge in [0.1, 0.15) is 18.3 Å². The Labute approximate surface area is 208 Å². The summed E-state index contributed by atoms with van der Waals surface area (Å²) >= 11 is 6.59. The highest BCUT2D eigenvalue weighted by atomic mass is 35.5. The SMILES string of the molecule is CC(C)c1ccc(-c2ccc(-c3nc4nc(O[C@@H]5CO[C@H]6[C@@H]5OC[C@H]6O)[nH]c4cc3Cl)cc2)cc1. The maximum absolute atomic E-state index is 9.93. The van der Waals surface area contributed by atoms with E-state index in [1.807, 2.05) is 12.1 Å². The van der Waals surface area contributed by atoms with Crippen LogP contribution in [0.25, 0.3) is 33.5 Å². The number of aromatic amines is 1. The first-order valence-electron chi connectivity index (χ1n) is 11.8. The second kappa shape index (κ2) is 8.91. The van der Waals surface area contributed by atoms with Gasteiger partial charge in [-0.15, -0.1) is 0 Å². The summed E-state index contributed by atoms with van der Waals surface area (Å²) in [7, 11) is 0. The average molecular weight is 492 g/mol. The van der Waals surface area contributed by atoms with Gasteiger partial charge in [0.25, 0.3) is 6.01 Å². The van der Waals surface area contributed by atoms with E-state index >= 15 is 0 Å². The van der Waals surface area contributed by atoms with E-state index in [-0.39, 0.29) is 24.9 Å². The second-order valence-electron chi connectivity index (χ2n) is 9.41. The lowest BCUT2D eigenvalue weighted by molar-refractivity contribution is 0.00706. The fourth-order valence-electron chi connectivity index (χ4n) is 4.72. The quantitative estimate of drug-likeness (QED) is 0.409. The van der Waals surface area contributed by atoms with Crippen molar-refractivity contribution in [2.24, 2.45) is 0 Å². The van der Waals surface area contributed by atoms with E-state index in [1.54, 1.807) is 6.07 Å². The van der Waals surface area contributed by atoms with Crippen LogP contribution >= 0.6 is 11.6 Å². The molecule has 2 aliphatic rings. The topological polar surface area (TPSA) is 89.5 Å². The summed E-state index contributed by atoms with van der Waals surface area (Å²) in [6.07, 6.45) is -1.65. The van der Waals surface area contributed by atoms with Gasteiger partial charge >= 0.3 is 0 Å². The molecule has 0 unspecified atom stereocenters. The highest BCUT2D eigenvalue weighted by Gasteiger charge is 2.48. The molecule has 2 aromatic heterocycles. The Morgan fingerprint density at radius 2 is 1.60 bits per heavy atom. The van der Waals surface area contributed by atoms with Gasteiger partial charge in [-0.25, -0.2) is 4.98 Å². The molecule has 0 bridgehead atoms. The van der Waals surface area contributed by atoms with Crippen molar-refractivity contribution in [3.05, 3.63) is 65.2 Å². The predicted octanol–water partition coefficient (Wildman–Crippen LogP) is 4.97. The van der Waals surface area contributed by atoms with Gasteiger partial charge in [-0.05, 0) is 28.7 Å². The molecule has 0 saturated carbocycles. The van der Waals surface area contributed by atoms with Crippen LogP contribution in [-0.4, -0.2) is 57.7 Å². The van der Waals surface area contributed by atoms with Crippen molar-refractivity contribution >= 4 is 22.8 Å². The number of H-pyrrole nitrogens is 1. The van der Waals surface area contributed by atoms with Crippen LogP contribution in [0.15, 0.2) is 54.6 Å². The summed E-state index contributed by atoms with van der Waals surface area (Å²) in [5, 5.41) is 10.4. The van der Waals surface area contributed by atoms with Crippen LogP contribution in [0.1, 0.15) is 25.3 Å². The molecule has 2 saturated heterocycles. The molecule has 0 spiro atoms. The Kier molecular flexibility index (Phi) is 5.73. The minimum absolute atomic E-state index is 0.248. The van der Waals surface area contributed by atoms with E-state index in [2.05, 4.69) is 60.2 Å². The Balaban J connectivity index is 1.23. The molecular weight excluding hydrogens is 466 g/mol. The van der Waals surface area contributed by atoms with Gasteiger partial charge in [0, 0.05) is 5.56 Å². The van der Waals surface area contributed by atoms with Crippen LogP contribution in [0.5, 0.6) is 6.01 Å². The van der Waals surface area contributed by atoms with Gasteiger partial charge in [-0.2, -0.15) is 4.98 Å². The molecule has 0 amide bonds. The maximum Gasteiger partial charge on any atom is 0.296 e. The molecule has 2 aromatic carbocycles. The van der Waals surface area contributed by atoms with E-state index in [0.717, 1.165) is 11.1 Å². The van der Waals surface area contributed by atoms with Crippen molar-refractivity contribution in [1.82, 2.24) is 15.0 Å². The second-order valence-corrected chi connectivity index (χ2v) is 9.81. The fourth-order valence-corrected chi connectivity index (χ4v) is 4.98. The molecule has 2 N–H and O–H groups in total. The zero-order valence-corrected chi connectivity index (χ0v) is 20.2. The Morgan fingerprint density at radius 1 is 0.943 bits per heavy atom. The summed E-state index contributed by atoms with van der Waals surface area (Å²) < 4.78 is 17.2. The molecule has 180 valence electrons. The molecule has 35 heavy (non-hydrogen) atoms. The largest absolute Gasteiger partial charge is 0.456 e. The molecule has 4 heterocycles. The molecule has 0 radical (unpaired) electrons. The van der Waals surface area contributed by atoms with Gasteiger partial charge in [0.05, 0.1) is 29.4 Å². The van der Waals surface area contributed by atoms with Crippen LogP contribution in [-0.2, 0) is 9.47 Å². The van der Waals surface area contributed by atoms with Crippen molar-refractivity contribution in [3.8, 4) is 28.4 Å². The van der Waals surface area contributed by atoms with Crippen molar-refractivity contribution in [2.45, 2.75) is 44.2 Å². The summed E-state index contributed by atoms with van der Waals surface area (Å²) in [6.45, 7) is 4.96. The number of aliphatic hydroxyl groups excluding tert-OH is 1. The zero-order valence-electron chi connectivity index (χ0n) is 19.4. The Hall–Kier alpha value is -2.97. The van der Waals surface area contributed by atoms with Gasteiger partial charge in [-0.1, -0.05) is 74.0 Å². The first-order valence-corrected chi connectivity index (χ1v) is 12.2. The first kappa shape index (κ1) is 22.5. The number of fused-ring (bicyclic) bond motifs is 2. The highest BCUT2D eigenvalue weighted by Crippen LogP contribution is 2.33. The molecule has 4 aromatic rings. The number of imidazole rings is 1. The van der Waals surface area contributed by atoms with Crippen LogP contribution in [0.4, 0.5) is 0 Å². The van der Waals surface area contributed by atoms with Crippen molar-refractivity contribution in [2.75, 3.05) is 13.2 Å². The lowest BCUT2D eigenvalue weighted by Crippen LogP contribution is -2.34. The smallest absolute Gasteiger partial charge is 0.296 e. The van der Waals surface area contributed by atoms with Gasteiger partial charge in [0.2, 0.25) is 0 Å². The van der Waals surface area contributed by atoms with Gasteiger partial charge < -0.3 is 24.3 Å². The minimum Gasteiger partial charge on any atom is -0.456 e. The number of nitrogens with zero attached hydrogens (tertiary/aromatic N) is 2. The minimum atomic E-state index is -0.627. The number of aliphatic hydroxyl groups is 1. The van der Waals surface area contributed by atoms with Crippen LogP contribution in [0, 0.1) is 0 Å². The molecule has 6 rings (SSSR count). The molecule has 8 heteroatoms. The number of nitrogens with one attached hydrogen (secondary N) is 1. The van der Waals surface area contributed by atoms with Crippen molar-refractivity contribution in [3.63, 3.8) is 0 Å². The summed E-state index contributed by atoms with van der Waals surface area (Å²) in [6, 6.07) is 19.0. The molecule has 7 nitrogen and oxygen atoms in total. The normalized spacial score (nSPS) is 23.8. The summed E-state index contributed by atoms with van der Waals surface area (Å²) in [4.78, 5) is 12.3. The summed E-state index contributed by atoms with van der Waals surface area (Å²) in [5.41, 5.74) is 6.38. The molecule has 0 aliphatic carbocycles. The average Bonchev–Trinajstić information content (AvgIpc) is 3.55. The maximum atomic E-state index is 9.93. The number of aromatic nitrogens is 3. The predicted molar refractivity (Wildman–Crippen MR) is 134 cm³/mol. The highest BCUT2D eigenvalue weighted by molar-refractivity contribution is 6.33. The third kappa shape index (κ3) is 4.19. The number of halogens is 1. The zero-order chi connectivity index (χ0) is 24.1. The van der Waals surface area contributed by atoms with Crippen molar-refractivity contribution < 1.29 is 19.3 Å². The van der Waals surface area contributed by atoms with E-state index < -0.39 is 6.10 Å². The number of pyridine rings is 1. The molecular formula is C27H26ClN3O4. The fraction of sp³-hybridized carbons (Fsp3) is 0.333. The molecule has 4 atom stereocenters. The van der Waals surface area contributed by atoms with E-state index in [1.165, 1.54) is 11.1 Å². The Morgan fingerprint density at radius 3 is 2.31 bits per heavy atom. The standard InChI is InChI=1S/C27H26ClN3O4/c1-14(2)15-3-5-16(6-4-15)17-7-9-18(10-8-17)23-19(28)11-20-26(30-23)31-27(29-20)35-22-13-34-24-21(32)12-33-25(22)24/h3-11,14,21-22,24-25,32H,12-13H2,1-2H3,(H,29,30,31)/t21-,22-,24-,25-/m1/s1. The molecule has 2 aliphatic heterocycles. The van der Waals surface area contributed by atoms with Gasteiger partial charge in [-0.3, -0.25) is 0 Å². The third-order valence-electron chi connectivity index (χ3n) is 6.72. The number of ether oxygens (including phenoxy) is 3. The van der Waals surface area contributed by atoms with E-state index in [0.29, 0.717) is 40.4 Å². The van der Waals surface area contributed by atoms with E-state index in [4.69, 9.17) is 30.8 Å². The van der Waals surface area contributed by atoms with Crippen LogP contribution in [0.3, 0.4) is 0 Å². The third-order valence-corrected chi connectivity index (χ3v) is 7.01. The molecule has 2 fully saturated rings. The van der Waals surface area contributed by atoms with Gasteiger partial charge in [0.15, 0.2) is 11.8 Å². The number of rotatable bonds is 5. The monoisotopic (exact) mass is 491 g/mol. The first-order chi connectivity index (χ1) is 17.0. The van der Waals surface area contributed by atoms with E-state index in [9.17, 15) is 5.11 Å². The number of hydrogen-bond donors (Lipinski definition) is 2. The van der Waals surface area contributed by atoms with Crippen LogP contribution < -0.4 is 4.74 Å². The van der Waals surface area contributed by atoms with Crippen LogP contribution in [0.2, 0.25) is 5.02 Å². The Bertz CT molecular complexity index is 1350. The van der Waals surface area contributed by atoms with Crippen molar-refractivity contribution in [1.29, 1.82) is 0 Å².